The Labute approximate surface area is 82.9 Å². The van der Waals surface area contributed by atoms with Gasteiger partial charge < -0.3 is 10.5 Å². The molecule has 1 aromatic rings. The van der Waals surface area contributed by atoms with Crippen LogP contribution < -0.4 is 5.73 Å². The summed E-state index contributed by atoms with van der Waals surface area (Å²) < 4.78 is 5.59. The molecule has 0 radical (unpaired) electrons. The summed E-state index contributed by atoms with van der Waals surface area (Å²) in [7, 11) is 0. The number of ether oxygens (including phenoxy) is 1. The number of hydrogen-bond acceptors (Lipinski definition) is 4. The van der Waals surface area contributed by atoms with Gasteiger partial charge in [-0.2, -0.15) is 0 Å². The van der Waals surface area contributed by atoms with Gasteiger partial charge >= 0.3 is 0 Å². The van der Waals surface area contributed by atoms with Gasteiger partial charge in [-0.15, -0.1) is 11.3 Å². The van der Waals surface area contributed by atoms with E-state index in [2.05, 4.69) is 25.8 Å². The maximum atomic E-state index is 5.59. The quantitative estimate of drug-likeness (QED) is 0.811. The lowest BCUT2D eigenvalue weighted by Crippen LogP contribution is -2.15. The van der Waals surface area contributed by atoms with E-state index in [9.17, 15) is 0 Å². The molecule has 3 nitrogen and oxygen atoms in total. The van der Waals surface area contributed by atoms with Gasteiger partial charge in [-0.1, -0.05) is 13.8 Å². The zero-order valence-corrected chi connectivity index (χ0v) is 9.10. The van der Waals surface area contributed by atoms with E-state index in [4.69, 9.17) is 10.5 Å². The lowest BCUT2D eigenvalue weighted by molar-refractivity contribution is 0.0221. The van der Waals surface area contributed by atoms with Gasteiger partial charge in [0.25, 0.3) is 0 Å². The topological polar surface area (TPSA) is 48.1 Å². The molecule has 4 heteroatoms. The molecule has 74 valence electrons. The standard InChI is InChI=1S/C9H16N2OS/c1-6(2)7(3)12-4-8-5-13-9(10)11-8/h5-7H,4H2,1-3H3,(H2,10,11). The second-order valence-electron chi connectivity index (χ2n) is 3.44. The minimum Gasteiger partial charge on any atom is -0.375 e. The average molecular weight is 200 g/mol. The minimum absolute atomic E-state index is 0.267. The van der Waals surface area contributed by atoms with Crippen LogP contribution in [-0.4, -0.2) is 11.1 Å². The molecule has 0 fully saturated rings. The van der Waals surface area contributed by atoms with Crippen molar-refractivity contribution in [2.45, 2.75) is 33.5 Å². The molecule has 1 atom stereocenters. The van der Waals surface area contributed by atoms with Gasteiger partial charge in [0, 0.05) is 5.38 Å². The van der Waals surface area contributed by atoms with Crippen molar-refractivity contribution in [2.75, 3.05) is 5.73 Å². The molecule has 0 saturated carbocycles. The number of rotatable bonds is 4. The molecule has 0 spiro atoms. The van der Waals surface area contributed by atoms with Gasteiger partial charge in [-0.3, -0.25) is 0 Å². The van der Waals surface area contributed by atoms with Gasteiger partial charge in [0.05, 0.1) is 18.4 Å². The Morgan fingerprint density at radius 3 is 2.69 bits per heavy atom. The Morgan fingerprint density at radius 1 is 1.54 bits per heavy atom. The molecule has 13 heavy (non-hydrogen) atoms. The van der Waals surface area contributed by atoms with E-state index in [1.807, 2.05) is 5.38 Å². The third-order valence-electron chi connectivity index (χ3n) is 2.00. The Morgan fingerprint density at radius 2 is 2.23 bits per heavy atom. The average Bonchev–Trinajstić information content (AvgIpc) is 2.47. The molecule has 0 aromatic carbocycles. The summed E-state index contributed by atoms with van der Waals surface area (Å²) in [5.41, 5.74) is 6.42. The first-order valence-corrected chi connectivity index (χ1v) is 5.29. The molecular formula is C9H16N2OS. The molecule has 1 aromatic heterocycles. The molecule has 0 aliphatic heterocycles. The summed E-state index contributed by atoms with van der Waals surface area (Å²) in [6.45, 7) is 6.91. The third-order valence-corrected chi connectivity index (χ3v) is 2.73. The third kappa shape index (κ3) is 3.32. The number of nitrogens with zero attached hydrogens (tertiary/aromatic N) is 1. The number of hydrogen-bond donors (Lipinski definition) is 1. The van der Waals surface area contributed by atoms with E-state index in [1.165, 1.54) is 11.3 Å². The van der Waals surface area contributed by atoms with Crippen LogP contribution in [-0.2, 0) is 11.3 Å². The van der Waals surface area contributed by atoms with Crippen LogP contribution in [0.4, 0.5) is 5.13 Å². The molecule has 1 rings (SSSR count). The van der Waals surface area contributed by atoms with Crippen molar-refractivity contribution in [3.8, 4) is 0 Å². The van der Waals surface area contributed by atoms with Crippen LogP contribution in [0.2, 0.25) is 0 Å². The minimum atomic E-state index is 0.267. The summed E-state index contributed by atoms with van der Waals surface area (Å²) >= 11 is 1.45. The predicted octanol–water partition coefficient (Wildman–Crippen LogP) is 2.29. The Kier molecular flexibility index (Phi) is 3.69. The fraction of sp³-hybridized carbons (Fsp3) is 0.667. The lowest BCUT2D eigenvalue weighted by atomic mass is 10.1. The summed E-state index contributed by atoms with van der Waals surface area (Å²) in [5.74, 6) is 0.538. The van der Waals surface area contributed by atoms with Crippen LogP contribution >= 0.6 is 11.3 Å². The van der Waals surface area contributed by atoms with Gasteiger partial charge in [0.15, 0.2) is 5.13 Å². The van der Waals surface area contributed by atoms with Crippen LogP contribution in [0.1, 0.15) is 26.5 Å². The smallest absolute Gasteiger partial charge is 0.180 e. The van der Waals surface area contributed by atoms with E-state index < -0.39 is 0 Å². The Balaban J connectivity index is 2.35. The van der Waals surface area contributed by atoms with E-state index in [0.717, 1.165) is 5.69 Å². The van der Waals surface area contributed by atoms with E-state index >= 15 is 0 Å². The van der Waals surface area contributed by atoms with Gasteiger partial charge in [-0.25, -0.2) is 4.98 Å². The molecule has 0 amide bonds. The van der Waals surface area contributed by atoms with Gasteiger partial charge in [-0.05, 0) is 12.8 Å². The number of thiazole rings is 1. The molecule has 0 saturated heterocycles. The predicted molar refractivity (Wildman–Crippen MR) is 55.6 cm³/mol. The van der Waals surface area contributed by atoms with Crippen LogP contribution in [0.3, 0.4) is 0 Å². The van der Waals surface area contributed by atoms with Crippen molar-refractivity contribution in [3.05, 3.63) is 11.1 Å². The van der Waals surface area contributed by atoms with E-state index in [1.54, 1.807) is 0 Å². The second-order valence-corrected chi connectivity index (χ2v) is 4.33. The largest absolute Gasteiger partial charge is 0.375 e. The fourth-order valence-electron chi connectivity index (χ4n) is 0.798. The first-order valence-electron chi connectivity index (χ1n) is 4.41. The maximum Gasteiger partial charge on any atom is 0.180 e. The fourth-order valence-corrected chi connectivity index (χ4v) is 1.35. The first kappa shape index (κ1) is 10.5. The molecular weight excluding hydrogens is 184 g/mol. The van der Waals surface area contributed by atoms with Crippen LogP contribution in [0.5, 0.6) is 0 Å². The normalized spacial score (nSPS) is 13.5. The zero-order valence-electron chi connectivity index (χ0n) is 8.28. The van der Waals surface area contributed by atoms with E-state index in [0.29, 0.717) is 17.7 Å². The highest BCUT2D eigenvalue weighted by atomic mass is 32.1. The lowest BCUT2D eigenvalue weighted by Gasteiger charge is -2.15. The SMILES string of the molecule is CC(C)C(C)OCc1csc(N)n1. The number of aromatic nitrogens is 1. The van der Waals surface area contributed by atoms with Crippen molar-refractivity contribution in [3.63, 3.8) is 0 Å². The summed E-state index contributed by atoms with van der Waals surface area (Å²) in [6.07, 6.45) is 0.267. The van der Waals surface area contributed by atoms with Crippen molar-refractivity contribution < 1.29 is 4.74 Å². The molecule has 0 aliphatic rings. The second kappa shape index (κ2) is 4.58. The van der Waals surface area contributed by atoms with E-state index in [-0.39, 0.29) is 6.10 Å². The number of anilines is 1. The molecule has 1 heterocycles. The highest BCUT2D eigenvalue weighted by Gasteiger charge is 2.08. The summed E-state index contributed by atoms with van der Waals surface area (Å²) in [4.78, 5) is 4.11. The summed E-state index contributed by atoms with van der Waals surface area (Å²) in [6, 6.07) is 0. The Hall–Kier alpha value is -0.610. The van der Waals surface area contributed by atoms with Crippen molar-refractivity contribution >= 4 is 16.5 Å². The molecule has 0 bridgehead atoms. The highest BCUT2D eigenvalue weighted by Crippen LogP contribution is 2.14. The van der Waals surface area contributed by atoms with Crippen LogP contribution in [0, 0.1) is 5.92 Å². The molecule has 0 aliphatic carbocycles. The Bertz CT molecular complexity index is 260. The van der Waals surface area contributed by atoms with Crippen molar-refractivity contribution in [2.24, 2.45) is 5.92 Å². The maximum absolute atomic E-state index is 5.59. The van der Waals surface area contributed by atoms with Crippen LogP contribution in [0.15, 0.2) is 5.38 Å². The zero-order chi connectivity index (χ0) is 9.84. The van der Waals surface area contributed by atoms with Crippen molar-refractivity contribution in [1.29, 1.82) is 0 Å². The number of nitrogen functional groups attached to an aromatic ring is 1. The monoisotopic (exact) mass is 200 g/mol. The van der Waals surface area contributed by atoms with Gasteiger partial charge in [0.1, 0.15) is 0 Å². The molecule has 2 N–H and O–H groups in total. The van der Waals surface area contributed by atoms with Crippen molar-refractivity contribution in [1.82, 2.24) is 4.98 Å². The van der Waals surface area contributed by atoms with Crippen LogP contribution in [0.25, 0.3) is 0 Å². The first-order chi connectivity index (χ1) is 6.09. The van der Waals surface area contributed by atoms with Gasteiger partial charge in [0.2, 0.25) is 0 Å². The number of nitrogens with two attached hydrogens (primary N) is 1. The molecule has 1 unspecified atom stereocenters. The highest BCUT2D eigenvalue weighted by molar-refractivity contribution is 7.13. The summed E-state index contributed by atoms with van der Waals surface area (Å²) in [5, 5.41) is 2.54.